The maximum atomic E-state index is 4.92. The van der Waals surface area contributed by atoms with E-state index in [1.807, 2.05) is 31.3 Å². The summed E-state index contributed by atoms with van der Waals surface area (Å²) in [4.78, 5) is 13.8. The number of nitrogens with one attached hydrogen (secondary N) is 1. The Morgan fingerprint density at radius 3 is 2.71 bits per heavy atom. The summed E-state index contributed by atoms with van der Waals surface area (Å²) in [7, 11) is 4.05. The molecular formula is C22H32IN5. The molecule has 1 N–H and O–H groups in total. The molecule has 0 bridgehead atoms. The third-order valence-electron chi connectivity index (χ3n) is 4.98. The van der Waals surface area contributed by atoms with Gasteiger partial charge in [-0.2, -0.15) is 0 Å². The van der Waals surface area contributed by atoms with Gasteiger partial charge in [0.1, 0.15) is 5.82 Å². The standard InChI is InChI=1S/C22H31N5.HI/c1-4-23-22(25-16-20-11-8-13-24-21(20)26(2)3)27-14-12-19(17-27)15-18-9-6-5-7-10-18;/h5-11,13,19H,4,12,14-17H2,1-3H3,(H,23,25);1H. The second-order valence-corrected chi connectivity index (χ2v) is 7.34. The first kappa shape index (κ1) is 22.5. The molecule has 0 amide bonds. The summed E-state index contributed by atoms with van der Waals surface area (Å²) in [6.07, 6.45) is 4.20. The van der Waals surface area contributed by atoms with Gasteiger partial charge in [-0.1, -0.05) is 36.4 Å². The number of aromatic nitrogens is 1. The SMILES string of the molecule is CCNC(=NCc1cccnc1N(C)C)N1CCC(Cc2ccccc2)C1.I. The molecular weight excluding hydrogens is 461 g/mol. The Bertz CT molecular complexity index is 748. The smallest absolute Gasteiger partial charge is 0.194 e. The lowest BCUT2D eigenvalue weighted by atomic mass is 9.99. The van der Waals surface area contributed by atoms with Crippen LogP contribution in [0.25, 0.3) is 0 Å². The summed E-state index contributed by atoms with van der Waals surface area (Å²) >= 11 is 0. The van der Waals surface area contributed by atoms with E-state index in [0.29, 0.717) is 12.5 Å². The fourth-order valence-electron chi connectivity index (χ4n) is 3.68. The highest BCUT2D eigenvalue weighted by Gasteiger charge is 2.25. The molecule has 28 heavy (non-hydrogen) atoms. The Kier molecular flexibility index (Phi) is 9.02. The molecule has 1 fully saturated rings. The topological polar surface area (TPSA) is 43.8 Å². The number of hydrogen-bond acceptors (Lipinski definition) is 3. The molecule has 0 spiro atoms. The first-order chi connectivity index (χ1) is 13.2. The number of likely N-dealkylation sites (tertiary alicyclic amines) is 1. The predicted molar refractivity (Wildman–Crippen MR) is 129 cm³/mol. The lowest BCUT2D eigenvalue weighted by Gasteiger charge is -2.22. The van der Waals surface area contributed by atoms with Crippen molar-refractivity contribution in [2.45, 2.75) is 26.3 Å². The summed E-state index contributed by atoms with van der Waals surface area (Å²) in [6, 6.07) is 14.9. The van der Waals surface area contributed by atoms with Gasteiger partial charge in [0.25, 0.3) is 0 Å². The van der Waals surface area contributed by atoms with Gasteiger partial charge in [-0.05, 0) is 37.3 Å². The quantitative estimate of drug-likeness (QED) is 0.378. The third-order valence-corrected chi connectivity index (χ3v) is 4.98. The van der Waals surface area contributed by atoms with Crippen molar-refractivity contribution in [3.63, 3.8) is 0 Å². The van der Waals surface area contributed by atoms with E-state index in [1.165, 1.54) is 12.0 Å². The highest BCUT2D eigenvalue weighted by atomic mass is 127. The van der Waals surface area contributed by atoms with Crippen molar-refractivity contribution >= 4 is 35.8 Å². The fourth-order valence-corrected chi connectivity index (χ4v) is 3.68. The van der Waals surface area contributed by atoms with Crippen LogP contribution in [-0.2, 0) is 13.0 Å². The van der Waals surface area contributed by atoms with E-state index < -0.39 is 0 Å². The molecule has 0 saturated carbocycles. The lowest BCUT2D eigenvalue weighted by molar-refractivity contribution is 0.460. The number of pyridine rings is 1. The largest absolute Gasteiger partial charge is 0.362 e. The zero-order valence-electron chi connectivity index (χ0n) is 17.1. The molecule has 1 saturated heterocycles. The van der Waals surface area contributed by atoms with E-state index in [9.17, 15) is 0 Å². The summed E-state index contributed by atoms with van der Waals surface area (Å²) in [5.74, 6) is 2.69. The Morgan fingerprint density at radius 2 is 2.00 bits per heavy atom. The molecule has 3 rings (SSSR count). The second kappa shape index (κ2) is 11.2. The van der Waals surface area contributed by atoms with Gasteiger partial charge in [-0.3, -0.25) is 0 Å². The van der Waals surface area contributed by atoms with Crippen molar-refractivity contribution in [1.29, 1.82) is 0 Å². The predicted octanol–water partition coefficient (Wildman–Crippen LogP) is 3.80. The average molecular weight is 493 g/mol. The number of benzene rings is 1. The molecule has 1 aliphatic rings. The Balaban J connectivity index is 0.00000280. The van der Waals surface area contributed by atoms with E-state index in [4.69, 9.17) is 4.99 Å². The Hall–Kier alpha value is -1.83. The molecule has 1 aromatic carbocycles. The molecule has 152 valence electrons. The molecule has 0 radical (unpaired) electrons. The van der Waals surface area contributed by atoms with Crippen LogP contribution in [0.5, 0.6) is 0 Å². The first-order valence-electron chi connectivity index (χ1n) is 9.85. The van der Waals surface area contributed by atoms with Crippen molar-refractivity contribution < 1.29 is 0 Å². The van der Waals surface area contributed by atoms with E-state index >= 15 is 0 Å². The van der Waals surface area contributed by atoms with Gasteiger partial charge in [0, 0.05) is 45.5 Å². The number of rotatable bonds is 6. The minimum Gasteiger partial charge on any atom is -0.362 e. The van der Waals surface area contributed by atoms with Crippen LogP contribution >= 0.6 is 24.0 Å². The van der Waals surface area contributed by atoms with Crippen LogP contribution in [-0.4, -0.2) is 49.6 Å². The molecule has 2 aromatic rings. The van der Waals surface area contributed by atoms with Gasteiger partial charge in [0.05, 0.1) is 6.54 Å². The van der Waals surface area contributed by atoms with Crippen LogP contribution in [0.3, 0.4) is 0 Å². The summed E-state index contributed by atoms with van der Waals surface area (Å²) in [5, 5.41) is 3.47. The Morgan fingerprint density at radius 1 is 1.21 bits per heavy atom. The van der Waals surface area contributed by atoms with Gasteiger partial charge >= 0.3 is 0 Å². The summed E-state index contributed by atoms with van der Waals surface area (Å²) < 4.78 is 0. The molecule has 5 nitrogen and oxygen atoms in total. The highest BCUT2D eigenvalue weighted by Crippen LogP contribution is 2.21. The van der Waals surface area contributed by atoms with Crippen molar-refractivity contribution in [2.24, 2.45) is 10.9 Å². The van der Waals surface area contributed by atoms with Gasteiger partial charge in [0.15, 0.2) is 5.96 Å². The van der Waals surface area contributed by atoms with E-state index in [0.717, 1.165) is 43.4 Å². The maximum Gasteiger partial charge on any atom is 0.194 e. The van der Waals surface area contributed by atoms with Crippen LogP contribution in [0, 0.1) is 5.92 Å². The third kappa shape index (κ3) is 6.09. The number of aliphatic imine (C=N–C) groups is 1. The maximum absolute atomic E-state index is 4.92. The monoisotopic (exact) mass is 493 g/mol. The number of guanidine groups is 1. The van der Waals surface area contributed by atoms with Crippen LogP contribution < -0.4 is 10.2 Å². The van der Waals surface area contributed by atoms with Gasteiger partial charge in [0.2, 0.25) is 0 Å². The fraction of sp³-hybridized carbons (Fsp3) is 0.455. The number of nitrogens with zero attached hydrogens (tertiary/aromatic N) is 4. The first-order valence-corrected chi connectivity index (χ1v) is 9.85. The van der Waals surface area contributed by atoms with Crippen LogP contribution in [0.2, 0.25) is 0 Å². The van der Waals surface area contributed by atoms with E-state index in [-0.39, 0.29) is 24.0 Å². The molecule has 1 aromatic heterocycles. The van der Waals surface area contributed by atoms with Gasteiger partial charge in [-0.25, -0.2) is 9.98 Å². The Labute approximate surface area is 186 Å². The van der Waals surface area contributed by atoms with Crippen LogP contribution in [0.15, 0.2) is 53.7 Å². The minimum atomic E-state index is 0. The summed E-state index contributed by atoms with van der Waals surface area (Å²) in [6.45, 7) is 5.78. The lowest BCUT2D eigenvalue weighted by Crippen LogP contribution is -2.40. The minimum absolute atomic E-state index is 0. The van der Waals surface area contributed by atoms with Crippen molar-refractivity contribution in [3.05, 3.63) is 59.8 Å². The van der Waals surface area contributed by atoms with Crippen LogP contribution in [0.1, 0.15) is 24.5 Å². The van der Waals surface area contributed by atoms with Crippen molar-refractivity contribution in [2.75, 3.05) is 38.6 Å². The molecule has 6 heteroatoms. The zero-order valence-corrected chi connectivity index (χ0v) is 19.5. The molecule has 2 heterocycles. The number of anilines is 1. The molecule has 0 aliphatic carbocycles. The second-order valence-electron chi connectivity index (χ2n) is 7.34. The molecule has 1 aliphatic heterocycles. The summed E-state index contributed by atoms with van der Waals surface area (Å²) in [5.41, 5.74) is 2.58. The van der Waals surface area contributed by atoms with Crippen molar-refractivity contribution in [3.8, 4) is 0 Å². The molecule has 1 atom stereocenters. The zero-order chi connectivity index (χ0) is 19.1. The normalized spacial score (nSPS) is 16.6. The van der Waals surface area contributed by atoms with Crippen molar-refractivity contribution in [1.82, 2.24) is 15.2 Å². The van der Waals surface area contributed by atoms with Gasteiger partial charge in [-0.15, -0.1) is 24.0 Å². The van der Waals surface area contributed by atoms with E-state index in [2.05, 4.69) is 58.5 Å². The van der Waals surface area contributed by atoms with E-state index in [1.54, 1.807) is 0 Å². The average Bonchev–Trinajstić information content (AvgIpc) is 3.14. The highest BCUT2D eigenvalue weighted by molar-refractivity contribution is 14.0. The number of hydrogen-bond donors (Lipinski definition) is 1. The molecule has 1 unspecified atom stereocenters. The number of halogens is 1. The van der Waals surface area contributed by atoms with Gasteiger partial charge < -0.3 is 15.1 Å². The van der Waals surface area contributed by atoms with Crippen LogP contribution in [0.4, 0.5) is 5.82 Å².